The van der Waals surface area contributed by atoms with Gasteiger partial charge in [-0.3, -0.25) is 24.2 Å². The Morgan fingerprint density at radius 2 is 1.50 bits per heavy atom. The van der Waals surface area contributed by atoms with E-state index in [9.17, 15) is 24.0 Å². The normalized spacial score (nSPS) is 11.7. The van der Waals surface area contributed by atoms with Crippen LogP contribution in [-0.4, -0.2) is 44.7 Å². The number of carbonyl (C=O) groups is 3. The van der Waals surface area contributed by atoms with E-state index >= 15 is 0 Å². The molecule has 6 aromatic rings. The van der Waals surface area contributed by atoms with Crippen LogP contribution in [0.25, 0.3) is 27.4 Å². The Balaban J connectivity index is 1.21. The Bertz CT molecular complexity index is 2180. The number of carbonyl (C=O) groups excluding carboxylic acids is 3. The third-order valence-corrected chi connectivity index (χ3v) is 7.67. The zero-order chi connectivity index (χ0) is 32.0. The van der Waals surface area contributed by atoms with Crippen molar-refractivity contribution in [1.82, 2.24) is 25.2 Å². The molecule has 2 amide bonds. The lowest BCUT2D eigenvalue weighted by Crippen LogP contribution is -2.49. The first kappa shape index (κ1) is 29.9. The lowest BCUT2D eigenvalue weighted by atomic mass is 10.0. The summed E-state index contributed by atoms with van der Waals surface area (Å²) in [6.07, 6.45) is 2.20. The average molecular weight is 612 g/mol. The summed E-state index contributed by atoms with van der Waals surface area (Å²) < 4.78 is 1.01. The van der Waals surface area contributed by atoms with E-state index in [-0.39, 0.29) is 24.2 Å². The highest BCUT2D eigenvalue weighted by atomic mass is 16.2. The van der Waals surface area contributed by atoms with E-state index < -0.39 is 34.9 Å². The van der Waals surface area contributed by atoms with Gasteiger partial charge in [-0.05, 0) is 64.9 Å². The molecule has 0 aliphatic heterocycles. The minimum Gasteiger partial charge on any atom is -0.349 e. The number of aromatic amines is 1. The highest BCUT2D eigenvalue weighted by molar-refractivity contribution is 6.38. The topological polar surface area (TPSA) is 143 Å². The van der Waals surface area contributed by atoms with Crippen molar-refractivity contribution in [2.45, 2.75) is 18.9 Å². The summed E-state index contributed by atoms with van der Waals surface area (Å²) >= 11 is 0. The lowest BCUT2D eigenvalue weighted by molar-refractivity contribution is -0.138. The number of nitrogens with one attached hydrogen (secondary N) is 3. The number of Topliss-reactive ketones (excluding diaryl/α,β-unsaturated/α-hetero) is 1. The zero-order valence-corrected chi connectivity index (χ0v) is 24.6. The molecular weight excluding hydrogens is 582 g/mol. The first-order valence-corrected chi connectivity index (χ1v) is 14.7. The first-order chi connectivity index (χ1) is 22.4. The molecule has 0 spiro atoms. The molecule has 6 rings (SSSR count). The second-order valence-corrected chi connectivity index (χ2v) is 10.8. The SMILES string of the molecule is O=C(NCCc1ccccn1)C(=O)C(Cc1ccccc1)NC(=O)c1ccc(-n2c(=O)[nH]c3cc4ccccc4cc3c2=O)cc1. The first-order valence-electron chi connectivity index (χ1n) is 14.7. The minimum atomic E-state index is -1.13. The monoisotopic (exact) mass is 611 g/mol. The van der Waals surface area contributed by atoms with Gasteiger partial charge in [-0.2, -0.15) is 0 Å². The molecular formula is C36H29N5O5. The number of aromatic nitrogens is 3. The van der Waals surface area contributed by atoms with Crippen molar-refractivity contribution >= 4 is 39.3 Å². The van der Waals surface area contributed by atoms with E-state index in [4.69, 9.17) is 0 Å². The fourth-order valence-corrected chi connectivity index (χ4v) is 5.30. The van der Waals surface area contributed by atoms with Gasteiger partial charge in [-0.25, -0.2) is 9.36 Å². The molecule has 2 heterocycles. The molecule has 0 aliphatic carbocycles. The number of ketones is 1. The largest absolute Gasteiger partial charge is 0.349 e. The molecule has 0 fully saturated rings. The molecule has 0 aliphatic rings. The Kier molecular flexibility index (Phi) is 8.60. The molecule has 0 radical (unpaired) electrons. The van der Waals surface area contributed by atoms with Gasteiger partial charge in [0.1, 0.15) is 6.04 Å². The fourth-order valence-electron chi connectivity index (χ4n) is 5.30. The van der Waals surface area contributed by atoms with E-state index in [0.717, 1.165) is 26.6 Å². The summed E-state index contributed by atoms with van der Waals surface area (Å²) in [5.41, 5.74) is 1.30. The second kappa shape index (κ2) is 13.2. The van der Waals surface area contributed by atoms with Gasteiger partial charge in [0.05, 0.1) is 16.6 Å². The average Bonchev–Trinajstić information content (AvgIpc) is 3.08. The zero-order valence-electron chi connectivity index (χ0n) is 24.6. The maximum absolute atomic E-state index is 13.4. The van der Waals surface area contributed by atoms with E-state index in [1.165, 1.54) is 24.3 Å². The molecule has 0 saturated heterocycles. The second-order valence-electron chi connectivity index (χ2n) is 10.8. The molecule has 46 heavy (non-hydrogen) atoms. The van der Waals surface area contributed by atoms with Crippen molar-refractivity contribution in [3.05, 3.63) is 153 Å². The van der Waals surface area contributed by atoms with Gasteiger partial charge in [0.2, 0.25) is 5.78 Å². The van der Waals surface area contributed by atoms with E-state index in [1.807, 2.05) is 66.7 Å². The van der Waals surface area contributed by atoms with Crippen LogP contribution in [0.15, 0.2) is 125 Å². The number of hydrogen-bond donors (Lipinski definition) is 3. The third-order valence-electron chi connectivity index (χ3n) is 7.67. The Hall–Kier alpha value is -6.16. The molecule has 0 saturated carbocycles. The quantitative estimate of drug-likeness (QED) is 0.160. The van der Waals surface area contributed by atoms with Gasteiger partial charge in [0.25, 0.3) is 17.4 Å². The third kappa shape index (κ3) is 6.51. The number of amides is 2. The van der Waals surface area contributed by atoms with Crippen LogP contribution in [0.1, 0.15) is 21.6 Å². The molecule has 3 N–H and O–H groups in total. The van der Waals surface area contributed by atoms with Crippen molar-refractivity contribution in [2.75, 3.05) is 6.54 Å². The maximum Gasteiger partial charge on any atom is 0.333 e. The molecule has 228 valence electrons. The van der Waals surface area contributed by atoms with Gasteiger partial charge in [0, 0.05) is 36.8 Å². The lowest BCUT2D eigenvalue weighted by Gasteiger charge is -2.18. The summed E-state index contributed by atoms with van der Waals surface area (Å²) in [6.45, 7) is 0.207. The number of hydrogen-bond acceptors (Lipinski definition) is 6. The van der Waals surface area contributed by atoms with E-state index in [2.05, 4.69) is 20.6 Å². The van der Waals surface area contributed by atoms with Crippen LogP contribution in [0, 0.1) is 0 Å². The summed E-state index contributed by atoms with van der Waals surface area (Å²) in [5.74, 6) is -2.18. The van der Waals surface area contributed by atoms with Crippen molar-refractivity contribution in [3.63, 3.8) is 0 Å². The van der Waals surface area contributed by atoms with Gasteiger partial charge in [0.15, 0.2) is 0 Å². The van der Waals surface area contributed by atoms with Crippen LogP contribution in [0.3, 0.4) is 0 Å². The van der Waals surface area contributed by atoms with Gasteiger partial charge >= 0.3 is 5.69 Å². The summed E-state index contributed by atoms with van der Waals surface area (Å²) in [7, 11) is 0. The summed E-state index contributed by atoms with van der Waals surface area (Å²) in [4.78, 5) is 72.7. The minimum absolute atomic E-state index is 0.105. The number of rotatable bonds is 10. The molecule has 1 unspecified atom stereocenters. The van der Waals surface area contributed by atoms with Crippen LogP contribution in [0.5, 0.6) is 0 Å². The standard InChI is InChI=1S/C36H29N5O5/c42-32(34(44)38-19-17-27-12-6-7-18-37-27)31(20-23-8-2-1-3-9-23)39-33(43)24-13-15-28(16-14-24)41-35(45)29-21-25-10-4-5-11-26(25)22-30(29)40-36(41)46/h1-16,18,21-22,31H,17,19-20H2,(H,38,44)(H,39,43)(H,40,46). The molecule has 1 atom stereocenters. The molecule has 10 nitrogen and oxygen atoms in total. The van der Waals surface area contributed by atoms with Crippen molar-refractivity contribution in [2.24, 2.45) is 0 Å². The van der Waals surface area contributed by atoms with Gasteiger partial charge < -0.3 is 15.6 Å². The smallest absolute Gasteiger partial charge is 0.333 e. The van der Waals surface area contributed by atoms with Gasteiger partial charge in [-0.1, -0.05) is 60.7 Å². The fraction of sp³-hybridized carbons (Fsp3) is 0.111. The molecule has 4 aromatic carbocycles. The van der Waals surface area contributed by atoms with E-state index in [0.29, 0.717) is 17.3 Å². The maximum atomic E-state index is 13.4. The van der Waals surface area contributed by atoms with Crippen molar-refractivity contribution in [1.29, 1.82) is 0 Å². The Labute approximate surface area is 262 Å². The van der Waals surface area contributed by atoms with Gasteiger partial charge in [-0.15, -0.1) is 0 Å². The number of benzene rings is 4. The summed E-state index contributed by atoms with van der Waals surface area (Å²) in [5, 5.41) is 7.42. The predicted octanol–water partition coefficient (Wildman–Crippen LogP) is 3.50. The van der Waals surface area contributed by atoms with Crippen LogP contribution in [0.4, 0.5) is 0 Å². The molecule has 0 bridgehead atoms. The van der Waals surface area contributed by atoms with E-state index in [1.54, 1.807) is 24.4 Å². The van der Waals surface area contributed by atoms with Crippen LogP contribution < -0.4 is 21.9 Å². The number of fused-ring (bicyclic) bond motifs is 2. The number of H-pyrrole nitrogens is 1. The molecule has 2 aromatic heterocycles. The number of nitrogens with zero attached hydrogens (tertiary/aromatic N) is 2. The van der Waals surface area contributed by atoms with Crippen LogP contribution >= 0.6 is 0 Å². The van der Waals surface area contributed by atoms with Crippen LogP contribution in [0.2, 0.25) is 0 Å². The predicted molar refractivity (Wildman–Crippen MR) is 175 cm³/mol. The Morgan fingerprint density at radius 3 is 2.22 bits per heavy atom. The highest BCUT2D eigenvalue weighted by Gasteiger charge is 2.27. The Morgan fingerprint density at radius 1 is 0.804 bits per heavy atom. The summed E-state index contributed by atoms with van der Waals surface area (Å²) in [6, 6.07) is 30.3. The van der Waals surface area contributed by atoms with Crippen molar-refractivity contribution < 1.29 is 14.4 Å². The molecule has 10 heteroatoms. The van der Waals surface area contributed by atoms with Crippen molar-refractivity contribution in [3.8, 4) is 5.69 Å². The number of pyridine rings is 1. The van der Waals surface area contributed by atoms with Crippen LogP contribution in [-0.2, 0) is 22.4 Å². The highest BCUT2D eigenvalue weighted by Crippen LogP contribution is 2.19.